The zero-order chi connectivity index (χ0) is 42.2. The van der Waals surface area contributed by atoms with Gasteiger partial charge in [0, 0.05) is 23.9 Å². The van der Waals surface area contributed by atoms with Crippen molar-refractivity contribution in [2.45, 2.75) is 75.5 Å². The smallest absolute Gasteiger partial charge is 0.412 e. The number of thiazole rings is 1. The summed E-state index contributed by atoms with van der Waals surface area (Å²) in [6.45, 7) is 16.2. The molecule has 58 heavy (non-hydrogen) atoms. The van der Waals surface area contributed by atoms with Crippen LogP contribution in [0.25, 0.3) is 21.0 Å². The van der Waals surface area contributed by atoms with Crippen LogP contribution in [-0.4, -0.2) is 91.1 Å². The number of carbonyl (C=O) groups is 4. The van der Waals surface area contributed by atoms with Crippen LogP contribution in [0.5, 0.6) is 17.4 Å². The summed E-state index contributed by atoms with van der Waals surface area (Å²) in [6.07, 6.45) is 1.35. The van der Waals surface area contributed by atoms with Crippen LogP contribution in [0.3, 0.4) is 0 Å². The number of rotatable bonds is 14. The van der Waals surface area contributed by atoms with Crippen molar-refractivity contribution in [3.63, 3.8) is 0 Å². The number of nitrogens with one attached hydrogen (secondary N) is 3. The molecule has 2 aromatic heterocycles. The molecule has 4 amide bonds. The van der Waals surface area contributed by atoms with E-state index in [0.29, 0.717) is 33.7 Å². The Hall–Kier alpha value is -5.75. The van der Waals surface area contributed by atoms with Crippen LogP contribution in [0.15, 0.2) is 78.0 Å². The zero-order valence-corrected chi connectivity index (χ0v) is 34.6. The van der Waals surface area contributed by atoms with Gasteiger partial charge in [-0.1, -0.05) is 33.4 Å². The average molecular weight is 835 g/mol. The third kappa shape index (κ3) is 8.72. The van der Waals surface area contributed by atoms with Crippen LogP contribution in [0.1, 0.15) is 47.5 Å². The highest BCUT2D eigenvalue weighted by Gasteiger charge is 2.61. The predicted molar refractivity (Wildman–Crippen MR) is 216 cm³/mol. The van der Waals surface area contributed by atoms with Gasteiger partial charge in [0.1, 0.15) is 35.2 Å². The Bertz CT molecular complexity index is 2410. The largest absolute Gasteiger partial charge is 0.497 e. The van der Waals surface area contributed by atoms with Crippen molar-refractivity contribution in [1.82, 2.24) is 30.2 Å². The fourth-order valence-electron chi connectivity index (χ4n) is 6.85. The molecule has 3 N–H and O–H groups in total. The molecule has 3 heterocycles. The molecule has 0 bridgehead atoms. The van der Waals surface area contributed by atoms with Crippen LogP contribution in [-0.2, 0) is 29.1 Å². The standard InChI is InChI=1S/C40H46N6O10S2/c1-9-24-20-40(24,36(49)45-58(51,52)38-42-29-14-12-26(54-10-2)19-31(29)57-38)44-33(47)30-18-27(56-34-28-13-11-25(53-8)17-23(28)15-16-41-34)21-46(30)35(48)32(39(5,6)7)43-37(50)55-22(3)4/h9,11-17,19,24,27,30,32H,1,3,10,18,20-21H2,2,4-8H3,(H,43,50)(H,44,47)(H,45,49)/t24-,27-,30+,32-,40-/m1/s1. The molecule has 0 spiro atoms. The van der Waals surface area contributed by atoms with Crippen molar-refractivity contribution >= 4 is 66.2 Å². The summed E-state index contributed by atoms with van der Waals surface area (Å²) in [5.41, 5.74) is -2.18. The van der Waals surface area contributed by atoms with Gasteiger partial charge in [0.15, 0.2) is 0 Å². The summed E-state index contributed by atoms with van der Waals surface area (Å²) in [6, 6.07) is 9.70. The topological polar surface area (TPSA) is 204 Å². The van der Waals surface area contributed by atoms with Crippen molar-refractivity contribution in [2.75, 3.05) is 20.3 Å². The van der Waals surface area contributed by atoms with E-state index < -0.39 is 68.9 Å². The van der Waals surface area contributed by atoms with Gasteiger partial charge in [0.25, 0.3) is 15.9 Å². The Morgan fingerprint density at radius 2 is 1.86 bits per heavy atom. The monoisotopic (exact) mass is 834 g/mol. The first-order chi connectivity index (χ1) is 27.4. The molecule has 5 atom stereocenters. The molecule has 1 saturated heterocycles. The second-order valence-corrected chi connectivity index (χ2v) is 18.1. The zero-order valence-electron chi connectivity index (χ0n) is 33.0. The van der Waals surface area contributed by atoms with Crippen LogP contribution in [0, 0.1) is 11.3 Å². The maximum Gasteiger partial charge on any atom is 0.412 e. The molecule has 308 valence electrons. The molecule has 1 saturated carbocycles. The number of alkyl carbamates (subject to hydrolysis) is 1. The molecule has 16 nitrogen and oxygen atoms in total. The Balaban J connectivity index is 1.28. The van der Waals surface area contributed by atoms with E-state index in [9.17, 15) is 27.6 Å². The van der Waals surface area contributed by atoms with Gasteiger partial charge in [-0.2, -0.15) is 8.42 Å². The Morgan fingerprint density at radius 3 is 2.52 bits per heavy atom. The number of sulfonamides is 1. The maximum absolute atomic E-state index is 14.5. The SMILES string of the molecule is C=C[C@@H]1C[C@]1(NC(=O)[C@@H]1C[C@@H](Oc2nccc3cc(OC)ccc23)CN1C(=O)[C@@H](NC(=O)OC(=C)C)C(C)(C)C)C(=O)NS(=O)(=O)c1nc2ccc(OCC)cc2s1. The summed E-state index contributed by atoms with van der Waals surface area (Å²) in [4.78, 5) is 65.6. The second kappa shape index (κ2) is 16.2. The van der Waals surface area contributed by atoms with E-state index in [1.165, 1.54) is 17.9 Å². The van der Waals surface area contributed by atoms with Crippen molar-refractivity contribution in [2.24, 2.45) is 11.3 Å². The third-order valence-electron chi connectivity index (χ3n) is 9.86. The molecule has 0 radical (unpaired) electrons. The van der Waals surface area contributed by atoms with Gasteiger partial charge in [-0.3, -0.25) is 14.4 Å². The van der Waals surface area contributed by atoms with Crippen LogP contribution >= 0.6 is 11.3 Å². The number of amides is 4. The molecule has 2 aliphatic rings. The highest BCUT2D eigenvalue weighted by Crippen LogP contribution is 2.45. The van der Waals surface area contributed by atoms with E-state index in [-0.39, 0.29) is 35.4 Å². The number of likely N-dealkylation sites (tertiary alicyclic amines) is 1. The van der Waals surface area contributed by atoms with Crippen molar-refractivity contribution < 1.29 is 46.5 Å². The van der Waals surface area contributed by atoms with Gasteiger partial charge in [-0.15, -0.1) is 17.9 Å². The van der Waals surface area contributed by atoms with E-state index in [1.807, 2.05) is 13.0 Å². The van der Waals surface area contributed by atoms with Gasteiger partial charge in [0.05, 0.1) is 36.2 Å². The number of hydrogen-bond donors (Lipinski definition) is 3. The number of allylic oxidation sites excluding steroid dienone is 1. The van der Waals surface area contributed by atoms with E-state index >= 15 is 0 Å². The number of nitrogens with zero attached hydrogens (tertiary/aromatic N) is 3. The van der Waals surface area contributed by atoms with E-state index in [4.69, 9.17) is 18.9 Å². The first-order valence-corrected chi connectivity index (χ1v) is 20.8. The number of aromatic nitrogens is 2. The first-order valence-electron chi connectivity index (χ1n) is 18.5. The minimum atomic E-state index is -4.49. The number of pyridine rings is 1. The van der Waals surface area contributed by atoms with Crippen LogP contribution in [0.4, 0.5) is 4.79 Å². The van der Waals surface area contributed by atoms with Gasteiger partial charge in [0.2, 0.25) is 22.0 Å². The fourth-order valence-corrected chi connectivity index (χ4v) is 9.14. The minimum Gasteiger partial charge on any atom is -0.497 e. The third-order valence-corrected chi connectivity index (χ3v) is 12.6. The fraction of sp³-hybridized carbons (Fsp3) is 0.400. The number of hydrogen-bond acceptors (Lipinski definition) is 13. The highest BCUT2D eigenvalue weighted by molar-refractivity contribution is 7.92. The lowest BCUT2D eigenvalue weighted by molar-refractivity contribution is -0.142. The van der Waals surface area contributed by atoms with Crippen LogP contribution in [0.2, 0.25) is 0 Å². The molecule has 1 aliphatic heterocycles. The van der Waals surface area contributed by atoms with Gasteiger partial charge in [-0.25, -0.2) is 19.5 Å². The molecule has 6 rings (SSSR count). The van der Waals surface area contributed by atoms with Crippen molar-refractivity contribution in [3.8, 4) is 17.4 Å². The van der Waals surface area contributed by atoms with Gasteiger partial charge in [-0.05, 0) is 73.5 Å². The first kappa shape index (κ1) is 41.9. The van der Waals surface area contributed by atoms with Crippen LogP contribution < -0.4 is 29.6 Å². The van der Waals surface area contributed by atoms with E-state index in [1.54, 1.807) is 70.5 Å². The summed E-state index contributed by atoms with van der Waals surface area (Å²) < 4.78 is 51.8. The highest BCUT2D eigenvalue weighted by atomic mass is 32.2. The number of ether oxygens (including phenoxy) is 4. The molecule has 2 fully saturated rings. The molecular formula is C40H46N6O10S2. The second-order valence-electron chi connectivity index (χ2n) is 15.2. The predicted octanol–water partition coefficient (Wildman–Crippen LogP) is 4.84. The lowest BCUT2D eigenvalue weighted by atomic mass is 9.85. The average Bonchev–Trinajstić information content (AvgIpc) is 3.45. The van der Waals surface area contributed by atoms with E-state index in [0.717, 1.165) is 16.7 Å². The van der Waals surface area contributed by atoms with E-state index in [2.05, 4.69) is 38.5 Å². The molecule has 18 heteroatoms. The summed E-state index contributed by atoms with van der Waals surface area (Å²) in [7, 11) is -2.93. The number of fused-ring (bicyclic) bond motifs is 2. The van der Waals surface area contributed by atoms with Crippen molar-refractivity contribution in [3.05, 3.63) is 73.7 Å². The molecule has 4 aromatic rings. The Kier molecular flexibility index (Phi) is 11.7. The normalized spacial score (nSPS) is 20.8. The summed E-state index contributed by atoms with van der Waals surface area (Å²) in [5, 5.41) is 6.83. The number of methoxy groups -OCH3 is 1. The lowest BCUT2D eigenvalue weighted by Crippen LogP contribution is -2.60. The molecule has 2 aromatic carbocycles. The number of carbonyl (C=O) groups excluding carboxylic acids is 4. The summed E-state index contributed by atoms with van der Waals surface area (Å²) in [5.74, 6) is -1.45. The molecule has 1 aliphatic carbocycles. The summed E-state index contributed by atoms with van der Waals surface area (Å²) >= 11 is 0.862. The molecular weight excluding hydrogens is 789 g/mol. The van der Waals surface area contributed by atoms with Crippen molar-refractivity contribution in [1.29, 1.82) is 0 Å². The minimum absolute atomic E-state index is 0.0386. The number of benzene rings is 2. The maximum atomic E-state index is 14.5. The Morgan fingerprint density at radius 1 is 1.12 bits per heavy atom. The Labute approximate surface area is 340 Å². The quantitative estimate of drug-likeness (QED) is 0.115. The lowest BCUT2D eigenvalue weighted by Gasteiger charge is -2.35. The van der Waals surface area contributed by atoms with Gasteiger partial charge < -0.3 is 34.5 Å². The van der Waals surface area contributed by atoms with Gasteiger partial charge >= 0.3 is 6.09 Å². The molecule has 0 unspecified atom stereocenters.